The minimum atomic E-state index is -3.92. The third kappa shape index (κ3) is 7.40. The number of amides is 1. The first kappa shape index (κ1) is 25.4. The third-order valence-corrected chi connectivity index (χ3v) is 7.62. The molecule has 0 saturated carbocycles. The smallest absolute Gasteiger partial charge is 0.281 e. The van der Waals surface area contributed by atoms with E-state index in [1.807, 2.05) is 24.3 Å². The fourth-order valence-electron chi connectivity index (χ4n) is 3.20. The maximum Gasteiger partial charge on any atom is 0.281 e. The molecule has 33 heavy (non-hydrogen) atoms. The van der Waals surface area contributed by atoms with Crippen LogP contribution in [0, 0.1) is 0 Å². The number of hydrazine groups is 1. The standard InChI is InChI=1S/C24H28N2O4S3/c1-2-3-4-5-6-10-17-30-20-15-13-19(14-16-20)18-22-23(27)26(24(31)32-22)25-33(28,29)21-11-8-7-9-12-21/h7-9,11-16,18,25H,2-6,10,17H2,1H3/b22-18-. The van der Waals surface area contributed by atoms with Gasteiger partial charge in [0.25, 0.3) is 15.9 Å². The van der Waals surface area contributed by atoms with Gasteiger partial charge in [-0.25, -0.2) is 13.4 Å². The number of thioether (sulfide) groups is 1. The van der Waals surface area contributed by atoms with Gasteiger partial charge in [-0.05, 0) is 42.3 Å². The fourth-order valence-corrected chi connectivity index (χ4v) is 5.53. The summed E-state index contributed by atoms with van der Waals surface area (Å²) in [6.07, 6.45) is 8.96. The number of hydrogen-bond donors (Lipinski definition) is 1. The van der Waals surface area contributed by atoms with Crippen LogP contribution in [-0.4, -0.2) is 30.3 Å². The normalized spacial score (nSPS) is 15.4. The Bertz CT molecular complexity index is 1080. The molecule has 1 saturated heterocycles. The van der Waals surface area contributed by atoms with E-state index in [2.05, 4.69) is 11.8 Å². The summed E-state index contributed by atoms with van der Waals surface area (Å²) in [5.41, 5.74) is 0.799. The lowest BCUT2D eigenvalue weighted by Gasteiger charge is -2.15. The number of carbonyl (C=O) groups excluding carboxylic acids is 1. The summed E-state index contributed by atoms with van der Waals surface area (Å²) in [5.74, 6) is 0.275. The molecule has 0 radical (unpaired) electrons. The van der Waals surface area contributed by atoms with Crippen LogP contribution in [-0.2, 0) is 14.8 Å². The molecule has 9 heteroatoms. The predicted molar refractivity (Wildman–Crippen MR) is 137 cm³/mol. The lowest BCUT2D eigenvalue weighted by atomic mass is 10.1. The highest BCUT2D eigenvalue weighted by Gasteiger charge is 2.35. The van der Waals surface area contributed by atoms with Gasteiger partial charge in [0.1, 0.15) is 5.75 Å². The quantitative estimate of drug-likeness (QED) is 0.233. The zero-order valence-corrected chi connectivity index (χ0v) is 21.0. The van der Waals surface area contributed by atoms with Crippen LogP contribution in [0.2, 0.25) is 0 Å². The molecule has 1 amide bonds. The van der Waals surface area contributed by atoms with Gasteiger partial charge in [0, 0.05) is 0 Å². The molecule has 0 aromatic heterocycles. The number of carbonyl (C=O) groups is 1. The molecule has 6 nitrogen and oxygen atoms in total. The van der Waals surface area contributed by atoms with E-state index < -0.39 is 15.9 Å². The number of rotatable bonds is 12. The molecule has 1 N–H and O–H groups in total. The van der Waals surface area contributed by atoms with E-state index in [1.54, 1.807) is 24.3 Å². The summed E-state index contributed by atoms with van der Waals surface area (Å²) in [6, 6.07) is 15.3. The van der Waals surface area contributed by atoms with E-state index in [1.165, 1.54) is 44.2 Å². The molecule has 0 atom stereocenters. The number of hydrogen-bond acceptors (Lipinski definition) is 6. The van der Waals surface area contributed by atoms with Gasteiger partial charge in [0.2, 0.25) is 0 Å². The van der Waals surface area contributed by atoms with Crippen molar-refractivity contribution in [2.75, 3.05) is 6.61 Å². The molecule has 0 spiro atoms. The minimum Gasteiger partial charge on any atom is -0.494 e. The van der Waals surface area contributed by atoms with E-state index >= 15 is 0 Å². The summed E-state index contributed by atoms with van der Waals surface area (Å²) in [5, 5.41) is 0.895. The molecule has 0 aliphatic carbocycles. The van der Waals surface area contributed by atoms with E-state index in [0.29, 0.717) is 11.5 Å². The molecule has 1 aliphatic heterocycles. The molecule has 1 aliphatic rings. The zero-order chi connectivity index (χ0) is 23.7. The van der Waals surface area contributed by atoms with Crippen LogP contribution in [0.5, 0.6) is 5.75 Å². The van der Waals surface area contributed by atoms with Gasteiger partial charge in [-0.15, -0.1) is 4.83 Å². The number of benzene rings is 2. The SMILES string of the molecule is CCCCCCCCOc1ccc(/C=C2\SC(=S)N(NS(=O)(=O)c3ccccc3)C2=O)cc1. The number of sulfonamides is 1. The monoisotopic (exact) mass is 504 g/mol. The van der Waals surface area contributed by atoms with Crippen molar-refractivity contribution in [1.29, 1.82) is 0 Å². The Labute approximate surface area is 205 Å². The topological polar surface area (TPSA) is 75.7 Å². The van der Waals surface area contributed by atoms with Gasteiger partial charge in [0.15, 0.2) is 4.32 Å². The summed E-state index contributed by atoms with van der Waals surface area (Å²) in [6.45, 7) is 2.90. The molecule has 2 aromatic rings. The first-order valence-corrected chi connectivity index (χ1v) is 13.7. The summed E-state index contributed by atoms with van der Waals surface area (Å²) in [7, 11) is -3.92. The lowest BCUT2D eigenvalue weighted by Crippen LogP contribution is -2.44. The van der Waals surface area contributed by atoms with E-state index in [4.69, 9.17) is 17.0 Å². The Morgan fingerprint density at radius 1 is 1.00 bits per heavy atom. The average Bonchev–Trinajstić information content (AvgIpc) is 3.07. The van der Waals surface area contributed by atoms with E-state index in [-0.39, 0.29) is 9.22 Å². The Kier molecular flexibility index (Phi) is 9.49. The number of ether oxygens (including phenoxy) is 1. The first-order chi connectivity index (χ1) is 15.9. The van der Waals surface area contributed by atoms with Gasteiger partial charge < -0.3 is 4.74 Å². The number of thiocarbonyl (C=S) groups is 1. The van der Waals surface area contributed by atoms with Crippen molar-refractivity contribution in [2.24, 2.45) is 0 Å². The number of nitrogens with one attached hydrogen (secondary N) is 1. The summed E-state index contributed by atoms with van der Waals surface area (Å²) >= 11 is 6.27. The van der Waals surface area contributed by atoms with Crippen LogP contribution in [0.15, 0.2) is 64.4 Å². The Balaban J connectivity index is 1.55. The highest BCUT2D eigenvalue weighted by atomic mass is 32.2. The van der Waals surface area contributed by atoms with Crippen molar-refractivity contribution in [1.82, 2.24) is 9.84 Å². The Morgan fingerprint density at radius 2 is 1.67 bits per heavy atom. The molecule has 0 bridgehead atoms. The molecule has 1 fully saturated rings. The maximum atomic E-state index is 12.8. The summed E-state index contributed by atoms with van der Waals surface area (Å²) < 4.78 is 31.0. The second-order valence-electron chi connectivity index (χ2n) is 7.61. The van der Waals surface area contributed by atoms with Gasteiger partial charge in [-0.1, -0.05) is 93.3 Å². The number of nitrogens with zero attached hydrogens (tertiary/aromatic N) is 1. The van der Waals surface area contributed by atoms with Crippen LogP contribution >= 0.6 is 24.0 Å². The van der Waals surface area contributed by atoms with Crippen molar-refractivity contribution in [3.05, 3.63) is 65.1 Å². The zero-order valence-electron chi connectivity index (χ0n) is 18.5. The van der Waals surface area contributed by atoms with Crippen molar-refractivity contribution < 1.29 is 17.9 Å². The van der Waals surface area contributed by atoms with E-state index in [0.717, 1.165) is 34.5 Å². The largest absolute Gasteiger partial charge is 0.494 e. The second-order valence-corrected chi connectivity index (χ2v) is 10.9. The molecule has 0 unspecified atom stereocenters. The van der Waals surface area contributed by atoms with E-state index in [9.17, 15) is 13.2 Å². The first-order valence-electron chi connectivity index (χ1n) is 11.0. The van der Waals surface area contributed by atoms with Gasteiger partial charge in [-0.2, -0.15) is 0 Å². The van der Waals surface area contributed by atoms with Crippen LogP contribution in [0.1, 0.15) is 51.0 Å². The fraction of sp³-hybridized carbons (Fsp3) is 0.333. The Hall–Kier alpha value is -2.20. The summed E-state index contributed by atoms with van der Waals surface area (Å²) in [4.78, 5) is 15.4. The molecule has 3 rings (SSSR count). The molecular formula is C24H28N2O4S3. The Morgan fingerprint density at radius 3 is 2.36 bits per heavy atom. The minimum absolute atomic E-state index is 0.0552. The maximum absolute atomic E-state index is 12.8. The van der Waals surface area contributed by atoms with Crippen molar-refractivity contribution >= 4 is 50.3 Å². The molecule has 1 heterocycles. The second kappa shape index (κ2) is 12.3. The molecular weight excluding hydrogens is 476 g/mol. The molecule has 2 aromatic carbocycles. The predicted octanol–water partition coefficient (Wildman–Crippen LogP) is 5.52. The highest BCUT2D eigenvalue weighted by molar-refractivity contribution is 8.26. The third-order valence-electron chi connectivity index (χ3n) is 5.00. The van der Waals surface area contributed by atoms with Crippen LogP contribution < -0.4 is 9.57 Å². The van der Waals surface area contributed by atoms with Crippen molar-refractivity contribution in [3.8, 4) is 5.75 Å². The van der Waals surface area contributed by atoms with Crippen LogP contribution in [0.3, 0.4) is 0 Å². The highest BCUT2D eigenvalue weighted by Crippen LogP contribution is 2.32. The van der Waals surface area contributed by atoms with Gasteiger partial charge in [-0.3, -0.25) is 4.79 Å². The average molecular weight is 505 g/mol. The van der Waals surface area contributed by atoms with Crippen molar-refractivity contribution in [3.63, 3.8) is 0 Å². The van der Waals surface area contributed by atoms with Gasteiger partial charge >= 0.3 is 0 Å². The lowest BCUT2D eigenvalue weighted by molar-refractivity contribution is -0.123. The van der Waals surface area contributed by atoms with Gasteiger partial charge in [0.05, 0.1) is 16.4 Å². The van der Waals surface area contributed by atoms with Crippen LogP contribution in [0.4, 0.5) is 0 Å². The van der Waals surface area contributed by atoms with Crippen LogP contribution in [0.25, 0.3) is 6.08 Å². The number of unbranched alkanes of at least 4 members (excludes halogenated alkanes) is 5. The molecule has 176 valence electrons. The van der Waals surface area contributed by atoms with Crippen molar-refractivity contribution in [2.45, 2.75) is 50.3 Å².